The minimum atomic E-state index is -0.596. The molecule has 0 aliphatic carbocycles. The molecule has 0 saturated carbocycles. The van der Waals surface area contributed by atoms with Crippen LogP contribution in [0.3, 0.4) is 0 Å². The molecule has 0 atom stereocenters. The quantitative estimate of drug-likeness (QED) is 0.490. The third-order valence-electron chi connectivity index (χ3n) is 3.09. The van der Waals surface area contributed by atoms with Crippen molar-refractivity contribution in [2.75, 3.05) is 12.4 Å². The van der Waals surface area contributed by atoms with E-state index in [9.17, 15) is 9.18 Å². The number of halogens is 1. The lowest BCUT2D eigenvalue weighted by Gasteiger charge is -2.12. The van der Waals surface area contributed by atoms with E-state index in [1.54, 1.807) is 18.2 Å². The number of carbonyl (C=O) groups is 1. The molecule has 0 radical (unpaired) electrons. The molecular formula is C17H16FN5O3. The maximum atomic E-state index is 14.0. The van der Waals surface area contributed by atoms with Gasteiger partial charge in [-0.05, 0) is 24.3 Å². The topological polar surface area (TPSA) is 109 Å². The fourth-order valence-electron chi connectivity index (χ4n) is 1.95. The Morgan fingerprint density at radius 1 is 1.35 bits per heavy atom. The third kappa shape index (κ3) is 5.17. The van der Waals surface area contributed by atoms with Gasteiger partial charge < -0.3 is 14.9 Å². The number of aromatic nitrogens is 1. The number of nitrogens with one attached hydrogen (secondary N) is 2. The molecule has 1 aromatic heterocycles. The van der Waals surface area contributed by atoms with Crippen LogP contribution in [0.2, 0.25) is 0 Å². The van der Waals surface area contributed by atoms with E-state index < -0.39 is 11.8 Å². The van der Waals surface area contributed by atoms with E-state index in [0.717, 1.165) is 0 Å². The zero-order valence-corrected chi connectivity index (χ0v) is 14.1. The second-order valence-electron chi connectivity index (χ2n) is 4.93. The van der Waals surface area contributed by atoms with Gasteiger partial charge in [-0.1, -0.05) is 12.1 Å². The number of aliphatic imine (C=N–C) groups is 1. The maximum absolute atomic E-state index is 14.0. The molecule has 26 heavy (non-hydrogen) atoms. The van der Waals surface area contributed by atoms with E-state index in [-0.39, 0.29) is 23.8 Å². The predicted molar refractivity (Wildman–Crippen MR) is 91.6 cm³/mol. The Bertz CT molecular complexity index is 864. The van der Waals surface area contributed by atoms with E-state index in [0.29, 0.717) is 11.6 Å². The van der Waals surface area contributed by atoms with Crippen LogP contribution in [0.15, 0.2) is 41.4 Å². The van der Waals surface area contributed by atoms with Crippen LogP contribution in [-0.4, -0.2) is 24.0 Å². The van der Waals surface area contributed by atoms with Crippen molar-refractivity contribution in [2.45, 2.75) is 13.5 Å². The van der Waals surface area contributed by atoms with Crippen LogP contribution in [0.4, 0.5) is 10.2 Å². The van der Waals surface area contributed by atoms with Gasteiger partial charge in [-0.3, -0.25) is 4.79 Å². The van der Waals surface area contributed by atoms with E-state index in [2.05, 4.69) is 20.8 Å². The van der Waals surface area contributed by atoms with Crippen LogP contribution < -0.4 is 15.5 Å². The molecule has 2 aromatic rings. The van der Waals surface area contributed by atoms with Crippen LogP contribution in [-0.2, 0) is 16.2 Å². The number of nitriles is 1. The van der Waals surface area contributed by atoms with Crippen molar-refractivity contribution < 1.29 is 18.8 Å². The van der Waals surface area contributed by atoms with Crippen LogP contribution in [0.5, 0.6) is 5.75 Å². The Kier molecular flexibility index (Phi) is 6.45. The largest absolute Gasteiger partial charge is 0.496 e. The highest BCUT2D eigenvalue weighted by atomic mass is 19.1. The minimum Gasteiger partial charge on any atom is -0.496 e. The smallest absolute Gasteiger partial charge is 0.329 e. The molecule has 0 aliphatic rings. The average Bonchev–Trinajstić information content (AvgIpc) is 2.64. The highest BCUT2D eigenvalue weighted by Gasteiger charge is 2.10. The van der Waals surface area contributed by atoms with Crippen molar-refractivity contribution >= 4 is 17.7 Å². The summed E-state index contributed by atoms with van der Waals surface area (Å²) < 4.78 is 19.1. The van der Waals surface area contributed by atoms with Crippen molar-refractivity contribution in [2.24, 2.45) is 4.99 Å². The predicted octanol–water partition coefficient (Wildman–Crippen LogP) is 2.14. The maximum Gasteiger partial charge on any atom is 0.329 e. The second-order valence-corrected chi connectivity index (χ2v) is 4.93. The summed E-state index contributed by atoms with van der Waals surface area (Å²) in [6, 6.07) is 11.1. The lowest BCUT2D eigenvalue weighted by Crippen LogP contribution is -2.33. The molecule has 0 saturated heterocycles. The number of hydroxylamine groups is 1. The van der Waals surface area contributed by atoms with Crippen molar-refractivity contribution in [3.8, 4) is 11.8 Å². The summed E-state index contributed by atoms with van der Waals surface area (Å²) in [4.78, 5) is 23.9. The molecule has 2 N–H and O–H groups in total. The van der Waals surface area contributed by atoms with Crippen LogP contribution in [0, 0.1) is 17.1 Å². The number of methoxy groups -OCH3 is 1. The van der Waals surface area contributed by atoms with Crippen molar-refractivity contribution in [1.82, 2.24) is 10.5 Å². The van der Waals surface area contributed by atoms with Crippen molar-refractivity contribution in [1.29, 1.82) is 5.26 Å². The third-order valence-corrected chi connectivity index (χ3v) is 3.09. The number of pyridine rings is 1. The molecular weight excluding hydrogens is 341 g/mol. The highest BCUT2D eigenvalue weighted by molar-refractivity contribution is 5.92. The molecule has 0 amide bonds. The molecule has 0 bridgehead atoms. The monoisotopic (exact) mass is 357 g/mol. The van der Waals surface area contributed by atoms with Gasteiger partial charge in [0.25, 0.3) is 0 Å². The number of nitrogens with zero attached hydrogens (tertiary/aromatic N) is 3. The summed E-state index contributed by atoms with van der Waals surface area (Å²) in [5.41, 5.74) is 2.76. The van der Waals surface area contributed by atoms with E-state index >= 15 is 0 Å². The number of carbonyl (C=O) groups excluding carboxylic acids is 1. The van der Waals surface area contributed by atoms with Gasteiger partial charge in [-0.25, -0.2) is 14.4 Å². The van der Waals surface area contributed by atoms with Crippen molar-refractivity contribution in [3.05, 3.63) is 53.5 Å². The average molecular weight is 357 g/mol. The summed E-state index contributed by atoms with van der Waals surface area (Å²) in [7, 11) is 1.43. The summed E-state index contributed by atoms with van der Waals surface area (Å²) in [6.45, 7) is 1.11. The normalized spacial score (nSPS) is 10.6. The molecule has 134 valence electrons. The van der Waals surface area contributed by atoms with Gasteiger partial charge in [-0.2, -0.15) is 10.7 Å². The zero-order valence-electron chi connectivity index (χ0n) is 14.1. The van der Waals surface area contributed by atoms with Crippen LogP contribution in [0.25, 0.3) is 0 Å². The summed E-state index contributed by atoms with van der Waals surface area (Å²) in [6.07, 6.45) is 0. The minimum absolute atomic E-state index is 0.00750. The first-order valence-corrected chi connectivity index (χ1v) is 7.47. The van der Waals surface area contributed by atoms with Gasteiger partial charge in [0.2, 0.25) is 5.96 Å². The molecule has 0 spiro atoms. The van der Waals surface area contributed by atoms with Gasteiger partial charge in [0.1, 0.15) is 29.1 Å². The molecule has 1 aromatic carbocycles. The molecule has 8 nitrogen and oxygen atoms in total. The van der Waals surface area contributed by atoms with Gasteiger partial charge in [0, 0.05) is 6.92 Å². The van der Waals surface area contributed by atoms with E-state index in [4.69, 9.17) is 14.8 Å². The van der Waals surface area contributed by atoms with Gasteiger partial charge in [0.05, 0.1) is 19.2 Å². The van der Waals surface area contributed by atoms with Crippen LogP contribution in [0.1, 0.15) is 18.2 Å². The Morgan fingerprint density at radius 2 is 2.12 bits per heavy atom. The molecule has 0 fully saturated rings. The van der Waals surface area contributed by atoms with Crippen LogP contribution >= 0.6 is 0 Å². The fraction of sp³-hybridized carbons (Fsp3) is 0.176. The Morgan fingerprint density at radius 3 is 2.81 bits per heavy atom. The highest BCUT2D eigenvalue weighted by Crippen LogP contribution is 2.21. The molecule has 0 unspecified atom stereocenters. The summed E-state index contributed by atoms with van der Waals surface area (Å²) in [5, 5.41) is 11.7. The molecule has 2 rings (SSSR count). The Labute approximate surface area is 149 Å². The van der Waals surface area contributed by atoms with Gasteiger partial charge in [0.15, 0.2) is 0 Å². The van der Waals surface area contributed by atoms with E-state index in [1.807, 2.05) is 6.07 Å². The Hall–Kier alpha value is -3.67. The number of guanidine groups is 1. The first-order valence-electron chi connectivity index (χ1n) is 7.47. The molecule has 9 heteroatoms. The van der Waals surface area contributed by atoms with Gasteiger partial charge >= 0.3 is 5.97 Å². The number of benzene rings is 1. The molecule has 1 heterocycles. The number of rotatable bonds is 4. The number of hydrogen-bond donors (Lipinski definition) is 2. The molecule has 0 aliphatic heterocycles. The Balaban J connectivity index is 2.25. The fourth-order valence-corrected chi connectivity index (χ4v) is 1.95. The second kappa shape index (κ2) is 8.98. The first kappa shape index (κ1) is 18.7. The van der Waals surface area contributed by atoms with Gasteiger partial charge in [-0.15, -0.1) is 0 Å². The number of ether oxygens (including phenoxy) is 1. The lowest BCUT2D eigenvalue weighted by molar-refractivity contribution is -0.145. The van der Waals surface area contributed by atoms with E-state index in [1.165, 1.54) is 32.2 Å². The number of anilines is 1. The summed E-state index contributed by atoms with van der Waals surface area (Å²) >= 11 is 0. The number of hydrogen-bond acceptors (Lipinski definition) is 6. The first-order chi connectivity index (χ1) is 12.5. The summed E-state index contributed by atoms with van der Waals surface area (Å²) in [5.74, 6) is -0.438. The van der Waals surface area contributed by atoms with Crippen molar-refractivity contribution in [3.63, 3.8) is 0 Å². The standard InChI is InChI=1S/C17H16FN5O3/c1-11(24)26-23-17(22-16-8-3-5-12(9-19)21-16)20-10-13-14(18)6-4-7-15(13)25-2/h3-8H,10H2,1-2H3,(H2,20,21,22,23). The lowest BCUT2D eigenvalue weighted by atomic mass is 10.2. The zero-order chi connectivity index (χ0) is 18.9. The SMILES string of the molecule is COc1cccc(F)c1CN=C(NOC(C)=O)Nc1cccc(C#N)n1.